The van der Waals surface area contributed by atoms with Gasteiger partial charge in [-0.3, -0.25) is 13.9 Å². The SMILES string of the molecule is CC[C@@H](C(=O)NC1CCCC1)N(Cc1ccc(Cl)cc1)C(=O)CN(c1cc(C)cc(C)c1)S(=O)(=O)c1ccccc1. The van der Waals surface area contributed by atoms with Gasteiger partial charge in [-0.25, -0.2) is 8.42 Å². The Hall–Kier alpha value is -3.36. The maximum Gasteiger partial charge on any atom is 0.264 e. The van der Waals surface area contributed by atoms with Crippen LogP contribution in [0, 0.1) is 13.8 Å². The highest BCUT2D eigenvalue weighted by atomic mass is 35.5. The van der Waals surface area contributed by atoms with Crippen LogP contribution < -0.4 is 9.62 Å². The fourth-order valence-electron chi connectivity index (χ4n) is 5.42. The van der Waals surface area contributed by atoms with Gasteiger partial charge in [-0.15, -0.1) is 0 Å². The van der Waals surface area contributed by atoms with E-state index >= 15 is 0 Å². The molecular weight excluding hydrogens is 558 g/mol. The number of carbonyl (C=O) groups excluding carboxylic acids is 2. The summed E-state index contributed by atoms with van der Waals surface area (Å²) in [6.07, 6.45) is 4.35. The van der Waals surface area contributed by atoms with Crippen molar-refractivity contribution < 1.29 is 18.0 Å². The molecule has 1 aliphatic carbocycles. The summed E-state index contributed by atoms with van der Waals surface area (Å²) in [5, 5.41) is 3.69. The van der Waals surface area contributed by atoms with Gasteiger partial charge in [-0.05, 0) is 86.2 Å². The van der Waals surface area contributed by atoms with Crippen LogP contribution in [0.5, 0.6) is 0 Å². The molecule has 1 aliphatic rings. The van der Waals surface area contributed by atoms with Crippen LogP contribution >= 0.6 is 11.6 Å². The van der Waals surface area contributed by atoms with Crippen molar-refractivity contribution in [1.29, 1.82) is 0 Å². The van der Waals surface area contributed by atoms with Crippen molar-refractivity contribution in [3.63, 3.8) is 0 Å². The summed E-state index contributed by atoms with van der Waals surface area (Å²) in [5.74, 6) is -0.683. The molecule has 1 N–H and O–H groups in total. The predicted molar refractivity (Wildman–Crippen MR) is 163 cm³/mol. The number of halogens is 1. The first-order valence-corrected chi connectivity index (χ1v) is 15.9. The number of nitrogens with zero attached hydrogens (tertiary/aromatic N) is 2. The second-order valence-electron chi connectivity index (χ2n) is 10.7. The molecule has 1 fully saturated rings. The van der Waals surface area contributed by atoms with Crippen molar-refractivity contribution >= 4 is 39.1 Å². The van der Waals surface area contributed by atoms with Crippen molar-refractivity contribution in [3.8, 4) is 0 Å². The first-order chi connectivity index (χ1) is 19.6. The van der Waals surface area contributed by atoms with Gasteiger partial charge in [0.2, 0.25) is 11.8 Å². The molecule has 1 atom stereocenters. The highest BCUT2D eigenvalue weighted by molar-refractivity contribution is 7.92. The first-order valence-electron chi connectivity index (χ1n) is 14.1. The molecule has 3 aromatic carbocycles. The van der Waals surface area contributed by atoms with E-state index in [1.807, 2.05) is 39.0 Å². The standard InChI is InChI=1S/C32H38ClN3O4S/c1-4-30(32(38)34-27-10-8-9-11-27)35(21-25-14-16-26(33)17-15-25)31(37)22-36(28-19-23(2)18-24(3)20-28)41(39,40)29-12-6-5-7-13-29/h5-7,12-20,27,30H,4,8-11,21-22H2,1-3H3,(H,34,38)/t30-/m0/s1. The lowest BCUT2D eigenvalue weighted by Gasteiger charge is -2.34. The molecule has 0 heterocycles. The molecule has 9 heteroatoms. The zero-order valence-electron chi connectivity index (χ0n) is 23.8. The van der Waals surface area contributed by atoms with Crippen LogP contribution in [-0.2, 0) is 26.2 Å². The Morgan fingerprint density at radius 3 is 2.15 bits per heavy atom. The van der Waals surface area contributed by atoms with Crippen LogP contribution in [0.1, 0.15) is 55.7 Å². The molecule has 0 bridgehead atoms. The zero-order valence-corrected chi connectivity index (χ0v) is 25.4. The molecule has 0 spiro atoms. The van der Waals surface area contributed by atoms with Gasteiger partial charge in [-0.2, -0.15) is 0 Å². The number of nitrogens with one attached hydrogen (secondary N) is 1. The lowest BCUT2D eigenvalue weighted by atomic mass is 10.1. The van der Waals surface area contributed by atoms with Crippen molar-refractivity contribution in [2.24, 2.45) is 0 Å². The molecule has 0 saturated heterocycles. The van der Waals surface area contributed by atoms with Gasteiger partial charge in [0.15, 0.2) is 0 Å². The van der Waals surface area contributed by atoms with E-state index in [2.05, 4.69) is 5.32 Å². The molecule has 7 nitrogen and oxygen atoms in total. The summed E-state index contributed by atoms with van der Waals surface area (Å²) >= 11 is 6.10. The van der Waals surface area contributed by atoms with Gasteiger partial charge < -0.3 is 10.2 Å². The quantitative estimate of drug-likeness (QED) is 0.294. The van der Waals surface area contributed by atoms with E-state index in [0.717, 1.165) is 46.7 Å². The third-order valence-corrected chi connectivity index (χ3v) is 9.50. The van der Waals surface area contributed by atoms with Gasteiger partial charge in [0.05, 0.1) is 10.6 Å². The highest BCUT2D eigenvalue weighted by Gasteiger charge is 2.34. The van der Waals surface area contributed by atoms with Crippen LogP contribution in [0.25, 0.3) is 0 Å². The average Bonchev–Trinajstić information content (AvgIpc) is 3.45. The van der Waals surface area contributed by atoms with Crippen LogP contribution in [0.2, 0.25) is 5.02 Å². The number of sulfonamides is 1. The summed E-state index contributed by atoms with van der Waals surface area (Å²) < 4.78 is 29.1. The Kier molecular flexibility index (Phi) is 10.1. The number of hydrogen-bond acceptors (Lipinski definition) is 4. The molecule has 0 aliphatic heterocycles. The van der Waals surface area contributed by atoms with Gasteiger partial charge in [0, 0.05) is 17.6 Å². The number of hydrogen-bond donors (Lipinski definition) is 1. The molecule has 3 aromatic rings. The molecule has 0 unspecified atom stereocenters. The molecule has 0 aromatic heterocycles. The van der Waals surface area contributed by atoms with Crippen molar-refractivity contribution in [2.75, 3.05) is 10.8 Å². The minimum atomic E-state index is -4.10. The van der Waals surface area contributed by atoms with Crippen LogP contribution in [0.3, 0.4) is 0 Å². The molecule has 41 heavy (non-hydrogen) atoms. The topological polar surface area (TPSA) is 86.8 Å². The van der Waals surface area contributed by atoms with E-state index in [4.69, 9.17) is 11.6 Å². The zero-order chi connectivity index (χ0) is 29.6. The van der Waals surface area contributed by atoms with E-state index in [-0.39, 0.29) is 23.4 Å². The molecule has 4 rings (SSSR count). The Bertz CT molecular complexity index is 1440. The normalized spacial score (nSPS) is 14.4. The van der Waals surface area contributed by atoms with E-state index in [1.54, 1.807) is 42.5 Å². The van der Waals surface area contributed by atoms with Crippen LogP contribution in [-0.4, -0.2) is 43.8 Å². The maximum atomic E-state index is 14.2. The third kappa shape index (κ3) is 7.68. The second kappa shape index (κ2) is 13.5. The number of rotatable bonds is 11. The number of anilines is 1. The van der Waals surface area contributed by atoms with E-state index < -0.39 is 28.5 Å². The van der Waals surface area contributed by atoms with E-state index in [1.165, 1.54) is 17.0 Å². The minimum Gasteiger partial charge on any atom is -0.352 e. The predicted octanol–water partition coefficient (Wildman–Crippen LogP) is 6.02. The minimum absolute atomic E-state index is 0.0854. The summed E-state index contributed by atoms with van der Waals surface area (Å²) in [6.45, 7) is 5.32. The van der Waals surface area contributed by atoms with Gasteiger partial charge >= 0.3 is 0 Å². The number of aryl methyl sites for hydroxylation is 2. The fourth-order valence-corrected chi connectivity index (χ4v) is 6.96. The van der Waals surface area contributed by atoms with E-state index in [9.17, 15) is 18.0 Å². The van der Waals surface area contributed by atoms with Gasteiger partial charge in [0.25, 0.3) is 10.0 Å². The molecular formula is C32H38ClN3O4S. The third-order valence-electron chi connectivity index (χ3n) is 7.46. The summed E-state index contributed by atoms with van der Waals surface area (Å²) in [5.41, 5.74) is 2.94. The fraction of sp³-hybridized carbons (Fsp3) is 0.375. The maximum absolute atomic E-state index is 14.2. The molecule has 2 amide bonds. The first kappa shape index (κ1) is 30.6. The number of carbonyl (C=O) groups is 2. The van der Waals surface area contributed by atoms with Crippen LogP contribution in [0.15, 0.2) is 77.7 Å². The Morgan fingerprint density at radius 2 is 1.56 bits per heavy atom. The smallest absolute Gasteiger partial charge is 0.264 e. The summed E-state index contributed by atoms with van der Waals surface area (Å²) in [4.78, 5) is 29.3. The number of amides is 2. The summed E-state index contributed by atoms with van der Waals surface area (Å²) in [6, 6.07) is 20.0. The van der Waals surface area contributed by atoms with Gasteiger partial charge in [-0.1, -0.05) is 67.8 Å². The monoisotopic (exact) mass is 595 g/mol. The van der Waals surface area contributed by atoms with E-state index in [0.29, 0.717) is 17.1 Å². The lowest BCUT2D eigenvalue weighted by Crippen LogP contribution is -2.53. The van der Waals surface area contributed by atoms with Gasteiger partial charge in [0.1, 0.15) is 12.6 Å². The Labute approximate surface area is 248 Å². The van der Waals surface area contributed by atoms with Crippen LogP contribution in [0.4, 0.5) is 5.69 Å². The second-order valence-corrected chi connectivity index (χ2v) is 13.0. The lowest BCUT2D eigenvalue weighted by molar-refractivity contribution is -0.140. The largest absolute Gasteiger partial charge is 0.352 e. The molecule has 0 radical (unpaired) electrons. The van der Waals surface area contributed by atoms with Crippen molar-refractivity contribution in [1.82, 2.24) is 10.2 Å². The van der Waals surface area contributed by atoms with Crippen molar-refractivity contribution in [2.45, 2.75) is 76.4 Å². The number of benzene rings is 3. The molecule has 218 valence electrons. The highest BCUT2D eigenvalue weighted by Crippen LogP contribution is 2.27. The van der Waals surface area contributed by atoms with Crippen molar-refractivity contribution in [3.05, 3.63) is 94.5 Å². The Morgan fingerprint density at radius 1 is 0.951 bits per heavy atom. The summed E-state index contributed by atoms with van der Waals surface area (Å²) in [7, 11) is -4.10. The molecule has 1 saturated carbocycles. The Balaban J connectivity index is 1.72. The average molecular weight is 596 g/mol.